The number of aromatic amines is 1. The monoisotopic (exact) mass is 402 g/mol. The summed E-state index contributed by atoms with van der Waals surface area (Å²) < 4.78 is 2.18. The Morgan fingerprint density at radius 2 is 1.89 bits per heavy atom. The van der Waals surface area contributed by atoms with Crippen molar-refractivity contribution in [1.82, 2.24) is 29.5 Å². The summed E-state index contributed by atoms with van der Waals surface area (Å²) in [4.78, 5) is 30.2. The third-order valence-corrected chi connectivity index (χ3v) is 5.22. The maximum Gasteiger partial charge on any atom is 0.242 e. The van der Waals surface area contributed by atoms with E-state index in [0.29, 0.717) is 43.3 Å². The lowest BCUT2D eigenvalue weighted by Crippen LogP contribution is -2.51. The predicted octanol–water partition coefficient (Wildman–Crippen LogP) is 1.15. The second-order valence-corrected chi connectivity index (χ2v) is 7.64. The van der Waals surface area contributed by atoms with Gasteiger partial charge in [-0.05, 0) is 25.2 Å². The number of nitrogens with zero attached hydrogens (tertiary/aromatic N) is 5. The van der Waals surface area contributed by atoms with E-state index < -0.39 is 0 Å². The molecule has 1 N–H and O–H groups in total. The Morgan fingerprint density at radius 3 is 2.54 bits per heavy atom. The normalized spacial score (nSPS) is 14.9. The molecule has 0 saturated carbocycles. The molecule has 1 aliphatic rings. The molecule has 8 nitrogen and oxygen atoms in total. The molecular formula is C19H26N6O2S. The number of hydrogen-bond acceptors (Lipinski definition) is 5. The van der Waals surface area contributed by atoms with Gasteiger partial charge in [-0.25, -0.2) is 0 Å². The molecule has 3 rings (SSSR count). The second-order valence-electron chi connectivity index (χ2n) is 7.25. The molecule has 1 aromatic carbocycles. The van der Waals surface area contributed by atoms with Crippen molar-refractivity contribution in [3.8, 4) is 11.4 Å². The number of aromatic nitrogens is 3. The van der Waals surface area contributed by atoms with E-state index in [1.165, 1.54) is 0 Å². The summed E-state index contributed by atoms with van der Waals surface area (Å²) in [5, 5.41) is 7.11. The first-order valence-corrected chi connectivity index (χ1v) is 9.68. The number of amides is 2. The van der Waals surface area contributed by atoms with Crippen LogP contribution < -0.4 is 0 Å². The number of carbonyl (C=O) groups excluding carboxylic acids is 2. The highest BCUT2D eigenvalue weighted by Crippen LogP contribution is 2.19. The van der Waals surface area contributed by atoms with Crippen molar-refractivity contribution in [2.75, 3.05) is 46.8 Å². The summed E-state index contributed by atoms with van der Waals surface area (Å²) in [5.41, 5.74) is 2.04. The summed E-state index contributed by atoms with van der Waals surface area (Å²) in [6.07, 6.45) is 0. The lowest BCUT2D eigenvalue weighted by atomic mass is 10.1. The quantitative estimate of drug-likeness (QED) is 0.759. The van der Waals surface area contributed by atoms with E-state index in [-0.39, 0.29) is 18.4 Å². The maximum atomic E-state index is 12.8. The minimum absolute atomic E-state index is 0.00462. The van der Waals surface area contributed by atoms with Crippen LogP contribution in [0.2, 0.25) is 0 Å². The average Bonchev–Trinajstić information content (AvgIpc) is 3.02. The van der Waals surface area contributed by atoms with Crippen molar-refractivity contribution in [1.29, 1.82) is 0 Å². The van der Waals surface area contributed by atoms with Gasteiger partial charge in [0.05, 0.1) is 6.54 Å². The molecule has 1 fully saturated rings. The zero-order chi connectivity index (χ0) is 20.3. The van der Waals surface area contributed by atoms with Gasteiger partial charge in [0.15, 0.2) is 10.6 Å². The van der Waals surface area contributed by atoms with Gasteiger partial charge in [-0.1, -0.05) is 23.8 Å². The van der Waals surface area contributed by atoms with Gasteiger partial charge < -0.3 is 9.80 Å². The minimum atomic E-state index is 0.00462. The number of piperazine rings is 1. The third-order valence-electron chi connectivity index (χ3n) is 4.91. The van der Waals surface area contributed by atoms with Gasteiger partial charge >= 0.3 is 0 Å². The maximum absolute atomic E-state index is 12.8. The second kappa shape index (κ2) is 8.66. The molecule has 0 aliphatic carbocycles. The Kier molecular flexibility index (Phi) is 6.25. The van der Waals surface area contributed by atoms with Gasteiger partial charge in [-0.2, -0.15) is 5.10 Å². The van der Waals surface area contributed by atoms with E-state index in [1.807, 2.05) is 36.1 Å². The van der Waals surface area contributed by atoms with Crippen molar-refractivity contribution in [2.24, 2.45) is 0 Å². The third kappa shape index (κ3) is 4.66. The largest absolute Gasteiger partial charge is 0.348 e. The Labute approximate surface area is 169 Å². The first-order chi connectivity index (χ1) is 13.3. The highest BCUT2D eigenvalue weighted by molar-refractivity contribution is 7.71. The molecule has 1 aliphatic heterocycles. The van der Waals surface area contributed by atoms with Crippen LogP contribution in [0.3, 0.4) is 0 Å². The molecule has 2 aromatic rings. The number of hydrogen-bond donors (Lipinski definition) is 1. The highest BCUT2D eigenvalue weighted by atomic mass is 32.1. The van der Waals surface area contributed by atoms with Gasteiger partial charge in [-0.15, -0.1) is 0 Å². The Hall–Kier alpha value is -2.52. The average molecular weight is 403 g/mol. The first kappa shape index (κ1) is 20.2. The van der Waals surface area contributed by atoms with E-state index in [9.17, 15) is 9.59 Å². The smallest absolute Gasteiger partial charge is 0.242 e. The minimum Gasteiger partial charge on any atom is -0.348 e. The van der Waals surface area contributed by atoms with Crippen LogP contribution >= 0.6 is 12.2 Å². The van der Waals surface area contributed by atoms with Gasteiger partial charge in [0.2, 0.25) is 11.8 Å². The van der Waals surface area contributed by atoms with E-state index in [2.05, 4.69) is 15.1 Å². The molecule has 0 unspecified atom stereocenters. The van der Waals surface area contributed by atoms with E-state index in [0.717, 1.165) is 11.1 Å². The molecule has 9 heteroatoms. The molecule has 150 valence electrons. The van der Waals surface area contributed by atoms with E-state index in [4.69, 9.17) is 12.2 Å². The summed E-state index contributed by atoms with van der Waals surface area (Å²) in [6, 6.07) is 7.95. The molecule has 2 amide bonds. The van der Waals surface area contributed by atoms with Crippen LogP contribution in [0.5, 0.6) is 0 Å². The zero-order valence-corrected chi connectivity index (χ0v) is 17.3. The van der Waals surface area contributed by atoms with Crippen LogP contribution in [-0.2, 0) is 16.1 Å². The van der Waals surface area contributed by atoms with Crippen molar-refractivity contribution in [3.05, 3.63) is 34.6 Å². The van der Waals surface area contributed by atoms with Crippen LogP contribution in [0.4, 0.5) is 0 Å². The van der Waals surface area contributed by atoms with Crippen LogP contribution in [0.15, 0.2) is 24.3 Å². The Balaban J connectivity index is 1.64. The number of rotatable bonds is 5. The zero-order valence-electron chi connectivity index (χ0n) is 16.5. The number of likely N-dealkylation sites (N-methyl/N-ethyl adjacent to an activating group) is 1. The molecule has 1 saturated heterocycles. The summed E-state index contributed by atoms with van der Waals surface area (Å²) in [7, 11) is 3.50. The number of aryl methyl sites for hydroxylation is 1. The molecule has 0 atom stereocenters. The molecule has 0 bridgehead atoms. The van der Waals surface area contributed by atoms with Crippen molar-refractivity contribution in [3.63, 3.8) is 0 Å². The van der Waals surface area contributed by atoms with Crippen LogP contribution in [0.25, 0.3) is 11.4 Å². The molecule has 2 heterocycles. The van der Waals surface area contributed by atoms with Crippen molar-refractivity contribution in [2.45, 2.75) is 13.5 Å². The topological polar surface area (TPSA) is 77.5 Å². The fourth-order valence-corrected chi connectivity index (χ4v) is 3.39. The van der Waals surface area contributed by atoms with Gasteiger partial charge in [0, 0.05) is 45.8 Å². The predicted molar refractivity (Wildman–Crippen MR) is 109 cm³/mol. The molecule has 28 heavy (non-hydrogen) atoms. The van der Waals surface area contributed by atoms with E-state index in [1.54, 1.807) is 23.6 Å². The summed E-state index contributed by atoms with van der Waals surface area (Å²) >= 11 is 5.34. The van der Waals surface area contributed by atoms with Crippen molar-refractivity contribution >= 4 is 24.0 Å². The molecule has 0 spiro atoms. The van der Waals surface area contributed by atoms with Crippen molar-refractivity contribution < 1.29 is 9.59 Å². The fraction of sp³-hybridized carbons (Fsp3) is 0.474. The SMILES string of the molecule is Cc1cccc(-c2n[nH]c(=S)n2CC(=O)N2CCN(CC(=O)N(C)C)CC2)c1. The Bertz CT molecular complexity index is 911. The highest BCUT2D eigenvalue weighted by Gasteiger charge is 2.24. The molecular weight excluding hydrogens is 376 g/mol. The number of nitrogens with one attached hydrogen (secondary N) is 1. The standard InChI is InChI=1S/C19H26N6O2S/c1-14-5-4-6-15(11-14)18-20-21-19(28)25(18)13-17(27)24-9-7-23(8-10-24)12-16(26)22(2)3/h4-6,11H,7-10,12-13H2,1-3H3,(H,21,28). The van der Waals surface area contributed by atoms with Crippen LogP contribution in [-0.4, -0.2) is 88.1 Å². The first-order valence-electron chi connectivity index (χ1n) is 9.27. The fourth-order valence-electron chi connectivity index (χ4n) is 3.19. The molecule has 0 radical (unpaired) electrons. The summed E-state index contributed by atoms with van der Waals surface area (Å²) in [6.45, 7) is 5.13. The number of H-pyrrole nitrogens is 1. The summed E-state index contributed by atoms with van der Waals surface area (Å²) in [5.74, 6) is 0.745. The lowest BCUT2D eigenvalue weighted by Gasteiger charge is -2.34. The van der Waals surface area contributed by atoms with Gasteiger partial charge in [-0.3, -0.25) is 24.2 Å². The van der Waals surface area contributed by atoms with Gasteiger partial charge in [0.1, 0.15) is 6.54 Å². The van der Waals surface area contributed by atoms with Gasteiger partial charge in [0.25, 0.3) is 0 Å². The van der Waals surface area contributed by atoms with E-state index >= 15 is 0 Å². The number of carbonyl (C=O) groups is 2. The van der Waals surface area contributed by atoms with Crippen LogP contribution in [0, 0.1) is 11.7 Å². The molecule has 1 aromatic heterocycles. The Morgan fingerprint density at radius 1 is 1.18 bits per heavy atom. The number of benzene rings is 1. The van der Waals surface area contributed by atoms with Crippen LogP contribution in [0.1, 0.15) is 5.56 Å². The lowest BCUT2D eigenvalue weighted by molar-refractivity contribution is -0.134.